The maximum atomic E-state index is 12.1. The number of ether oxygens (including phenoxy) is 1. The molecular formula is C18H28N2O3. The van der Waals surface area contributed by atoms with Crippen LogP contribution in [0.5, 0.6) is 5.75 Å². The molecule has 1 aliphatic carbocycles. The second-order valence-corrected chi connectivity index (χ2v) is 6.77. The lowest BCUT2D eigenvalue weighted by Gasteiger charge is -2.21. The van der Waals surface area contributed by atoms with Gasteiger partial charge in [0, 0.05) is 19.3 Å². The van der Waals surface area contributed by atoms with Crippen LogP contribution in [0.3, 0.4) is 0 Å². The van der Waals surface area contributed by atoms with Crippen LogP contribution in [0.2, 0.25) is 0 Å². The lowest BCUT2D eigenvalue weighted by atomic mass is 10.1. The first kappa shape index (κ1) is 17.6. The molecule has 1 saturated carbocycles. The normalized spacial score (nSPS) is 15.3. The number of likely N-dealkylation sites (N-methyl/N-ethyl adjacent to an activating group) is 1. The highest BCUT2D eigenvalue weighted by Gasteiger charge is 2.31. The third kappa shape index (κ3) is 6.10. The van der Waals surface area contributed by atoms with E-state index < -0.39 is 6.10 Å². The second kappa shape index (κ2) is 8.20. The highest BCUT2D eigenvalue weighted by Crippen LogP contribution is 2.32. The molecular weight excluding hydrogens is 292 g/mol. The monoisotopic (exact) mass is 320 g/mol. The van der Waals surface area contributed by atoms with Gasteiger partial charge < -0.3 is 20.1 Å². The van der Waals surface area contributed by atoms with Crippen LogP contribution in [0.15, 0.2) is 24.3 Å². The van der Waals surface area contributed by atoms with E-state index in [9.17, 15) is 9.90 Å². The van der Waals surface area contributed by atoms with E-state index in [-0.39, 0.29) is 6.03 Å². The summed E-state index contributed by atoms with van der Waals surface area (Å²) >= 11 is 0. The topological polar surface area (TPSA) is 61.8 Å². The average Bonchev–Trinajstić information content (AvgIpc) is 3.33. The quantitative estimate of drug-likeness (QED) is 0.772. The summed E-state index contributed by atoms with van der Waals surface area (Å²) in [6.45, 7) is 5.40. The van der Waals surface area contributed by atoms with E-state index >= 15 is 0 Å². The van der Waals surface area contributed by atoms with Crippen molar-refractivity contribution in [3.63, 3.8) is 0 Å². The Morgan fingerprint density at radius 2 is 2.00 bits per heavy atom. The third-order valence-electron chi connectivity index (χ3n) is 4.04. The molecule has 0 bridgehead atoms. The highest BCUT2D eigenvalue weighted by molar-refractivity contribution is 5.89. The number of carbonyl (C=O) groups excluding carboxylic acids is 1. The standard InChI is InChI=1S/C18H28N2O3/c1-13(2)10-11-23-16-8-6-15(7-9-16)19-18(22)20(3)12-17(21)14-4-5-14/h6-9,13-14,17,21H,4-5,10-12H2,1-3H3,(H,19,22). The van der Waals surface area contributed by atoms with Crippen molar-refractivity contribution in [2.75, 3.05) is 25.5 Å². The number of amides is 2. The van der Waals surface area contributed by atoms with Gasteiger partial charge in [0.25, 0.3) is 0 Å². The van der Waals surface area contributed by atoms with Crippen LogP contribution in [0, 0.1) is 11.8 Å². The van der Waals surface area contributed by atoms with E-state index in [1.165, 1.54) is 4.90 Å². The summed E-state index contributed by atoms with van der Waals surface area (Å²) < 4.78 is 5.65. The van der Waals surface area contributed by atoms with Gasteiger partial charge in [0.1, 0.15) is 5.75 Å². The molecule has 23 heavy (non-hydrogen) atoms. The maximum Gasteiger partial charge on any atom is 0.321 e. The van der Waals surface area contributed by atoms with Crippen LogP contribution in [0.4, 0.5) is 10.5 Å². The second-order valence-electron chi connectivity index (χ2n) is 6.77. The van der Waals surface area contributed by atoms with Crippen molar-refractivity contribution in [2.24, 2.45) is 11.8 Å². The van der Waals surface area contributed by atoms with Crippen LogP contribution in [0.1, 0.15) is 33.1 Å². The summed E-state index contributed by atoms with van der Waals surface area (Å²) in [6, 6.07) is 7.16. The largest absolute Gasteiger partial charge is 0.494 e. The Labute approximate surface area is 138 Å². The Morgan fingerprint density at radius 1 is 1.35 bits per heavy atom. The van der Waals surface area contributed by atoms with Crippen molar-refractivity contribution < 1.29 is 14.6 Å². The maximum absolute atomic E-state index is 12.1. The van der Waals surface area contributed by atoms with E-state index in [0.29, 0.717) is 25.0 Å². The zero-order valence-electron chi connectivity index (χ0n) is 14.3. The molecule has 2 amide bonds. The Balaban J connectivity index is 1.76. The first-order valence-corrected chi connectivity index (χ1v) is 8.38. The van der Waals surface area contributed by atoms with Crippen LogP contribution < -0.4 is 10.1 Å². The van der Waals surface area contributed by atoms with Gasteiger partial charge in [-0.15, -0.1) is 0 Å². The van der Waals surface area contributed by atoms with Crippen molar-refractivity contribution in [3.8, 4) is 5.75 Å². The zero-order valence-corrected chi connectivity index (χ0v) is 14.3. The summed E-state index contributed by atoms with van der Waals surface area (Å²) in [5.41, 5.74) is 0.721. The molecule has 2 N–H and O–H groups in total. The molecule has 0 aromatic heterocycles. The molecule has 1 atom stereocenters. The van der Waals surface area contributed by atoms with Gasteiger partial charge in [-0.05, 0) is 55.4 Å². The fraction of sp³-hybridized carbons (Fsp3) is 0.611. The van der Waals surface area contributed by atoms with Gasteiger partial charge in [-0.25, -0.2) is 4.79 Å². The number of hydrogen-bond acceptors (Lipinski definition) is 3. The molecule has 5 nitrogen and oxygen atoms in total. The van der Waals surface area contributed by atoms with Gasteiger partial charge in [0.15, 0.2) is 0 Å². The van der Waals surface area contributed by atoms with Crippen LogP contribution >= 0.6 is 0 Å². The molecule has 128 valence electrons. The Morgan fingerprint density at radius 3 is 2.57 bits per heavy atom. The Kier molecular flexibility index (Phi) is 6.28. The number of benzene rings is 1. The number of carbonyl (C=O) groups is 1. The molecule has 0 spiro atoms. The van der Waals surface area contributed by atoms with E-state index in [2.05, 4.69) is 19.2 Å². The fourth-order valence-electron chi connectivity index (χ4n) is 2.26. The zero-order chi connectivity index (χ0) is 16.8. The lowest BCUT2D eigenvalue weighted by molar-refractivity contribution is 0.117. The highest BCUT2D eigenvalue weighted by atomic mass is 16.5. The van der Waals surface area contributed by atoms with Crippen molar-refractivity contribution >= 4 is 11.7 Å². The van der Waals surface area contributed by atoms with Crippen LogP contribution in [-0.4, -0.2) is 42.3 Å². The Bertz CT molecular complexity index is 497. The molecule has 0 aliphatic heterocycles. The predicted molar refractivity (Wildman–Crippen MR) is 91.8 cm³/mol. The minimum absolute atomic E-state index is 0.210. The summed E-state index contributed by atoms with van der Waals surface area (Å²) in [4.78, 5) is 13.6. The molecule has 5 heteroatoms. The first-order valence-electron chi connectivity index (χ1n) is 8.38. The number of nitrogens with zero attached hydrogens (tertiary/aromatic N) is 1. The van der Waals surface area contributed by atoms with Gasteiger partial charge in [-0.2, -0.15) is 0 Å². The molecule has 1 aliphatic rings. The van der Waals surface area contributed by atoms with E-state index in [1.807, 2.05) is 24.3 Å². The van der Waals surface area contributed by atoms with Gasteiger partial charge >= 0.3 is 6.03 Å². The minimum atomic E-state index is -0.414. The molecule has 1 aromatic rings. The fourth-order valence-corrected chi connectivity index (χ4v) is 2.26. The summed E-state index contributed by atoms with van der Waals surface area (Å²) in [7, 11) is 1.70. The number of anilines is 1. The minimum Gasteiger partial charge on any atom is -0.494 e. The molecule has 1 unspecified atom stereocenters. The summed E-state index contributed by atoms with van der Waals surface area (Å²) in [5.74, 6) is 1.80. The summed E-state index contributed by atoms with van der Waals surface area (Å²) in [5, 5.41) is 12.7. The first-order chi connectivity index (χ1) is 11.0. The molecule has 2 rings (SSSR count). The van der Waals surface area contributed by atoms with Gasteiger partial charge in [0.05, 0.1) is 12.7 Å². The number of aliphatic hydroxyl groups is 1. The molecule has 1 fully saturated rings. The average molecular weight is 320 g/mol. The molecule has 0 saturated heterocycles. The number of hydrogen-bond donors (Lipinski definition) is 2. The SMILES string of the molecule is CC(C)CCOc1ccc(NC(=O)N(C)CC(O)C2CC2)cc1. The van der Waals surface area contributed by atoms with Crippen molar-refractivity contribution in [3.05, 3.63) is 24.3 Å². The smallest absolute Gasteiger partial charge is 0.321 e. The van der Waals surface area contributed by atoms with Gasteiger partial charge in [0.2, 0.25) is 0 Å². The van der Waals surface area contributed by atoms with Gasteiger partial charge in [-0.1, -0.05) is 13.8 Å². The number of urea groups is 1. The Hall–Kier alpha value is -1.75. The van der Waals surface area contributed by atoms with Crippen LogP contribution in [0.25, 0.3) is 0 Å². The van der Waals surface area contributed by atoms with Crippen molar-refractivity contribution in [1.82, 2.24) is 4.90 Å². The van der Waals surface area contributed by atoms with Crippen LogP contribution in [-0.2, 0) is 0 Å². The van der Waals surface area contributed by atoms with E-state index in [0.717, 1.165) is 30.7 Å². The number of nitrogens with one attached hydrogen (secondary N) is 1. The van der Waals surface area contributed by atoms with E-state index in [1.54, 1.807) is 7.05 Å². The summed E-state index contributed by atoms with van der Waals surface area (Å²) in [6.07, 6.45) is 2.73. The third-order valence-corrected chi connectivity index (χ3v) is 4.04. The molecule has 1 aromatic carbocycles. The van der Waals surface area contributed by atoms with Crippen molar-refractivity contribution in [1.29, 1.82) is 0 Å². The number of rotatable bonds is 8. The van der Waals surface area contributed by atoms with Gasteiger partial charge in [-0.3, -0.25) is 0 Å². The van der Waals surface area contributed by atoms with Crippen molar-refractivity contribution in [2.45, 2.75) is 39.2 Å². The molecule has 0 heterocycles. The lowest BCUT2D eigenvalue weighted by Crippen LogP contribution is -2.37. The predicted octanol–water partition coefficient (Wildman–Crippen LogP) is 3.35. The molecule has 0 radical (unpaired) electrons. The number of aliphatic hydroxyl groups excluding tert-OH is 1. The van der Waals surface area contributed by atoms with E-state index in [4.69, 9.17) is 4.74 Å².